The predicted octanol–water partition coefficient (Wildman–Crippen LogP) is 3.99. The lowest BCUT2D eigenvalue weighted by Gasteiger charge is -2.06. The van der Waals surface area contributed by atoms with Gasteiger partial charge in [-0.3, -0.25) is 9.78 Å². The molecule has 3 heterocycles. The molecule has 148 valence electrons. The molecule has 0 aliphatic heterocycles. The minimum atomic E-state index is -0.364. The summed E-state index contributed by atoms with van der Waals surface area (Å²) >= 11 is 1.46. The van der Waals surface area contributed by atoms with Gasteiger partial charge in [0, 0.05) is 6.07 Å². The number of carbonyl (C=O) groups is 1. The van der Waals surface area contributed by atoms with Crippen molar-refractivity contribution < 1.29 is 9.53 Å². The van der Waals surface area contributed by atoms with Crippen LogP contribution in [0, 0.1) is 6.92 Å². The number of aromatic nitrogens is 5. The number of ether oxygens (including phenoxy) is 1. The first kappa shape index (κ1) is 18.2. The van der Waals surface area contributed by atoms with Gasteiger partial charge >= 0.3 is 0 Å². The molecule has 0 saturated carbocycles. The Hall–Kier alpha value is -3.85. The number of methoxy groups -OCH3 is 1. The summed E-state index contributed by atoms with van der Waals surface area (Å²) < 4.78 is 7.88. The van der Waals surface area contributed by atoms with Gasteiger partial charge in [0.1, 0.15) is 17.3 Å². The molecule has 8 nitrogen and oxygen atoms in total. The highest BCUT2D eigenvalue weighted by Crippen LogP contribution is 2.30. The molecule has 0 saturated heterocycles. The lowest BCUT2D eigenvalue weighted by molar-refractivity contribution is 0.102. The lowest BCUT2D eigenvalue weighted by Crippen LogP contribution is -2.16. The fourth-order valence-corrected chi connectivity index (χ4v) is 4.05. The molecule has 0 bridgehead atoms. The van der Waals surface area contributed by atoms with Crippen molar-refractivity contribution in [2.24, 2.45) is 0 Å². The standard InChI is InChI=1S/C21H16N6O2S/c1-12-9-19(25-20(28)17-11-22-14-5-3-4-6-15(14)23-17)27(26-12)21-24-16-8-7-13(29-2)10-18(16)30-21/h3-11H,1-2H3,(H,25,28). The van der Waals surface area contributed by atoms with Crippen molar-refractivity contribution in [2.45, 2.75) is 6.92 Å². The largest absolute Gasteiger partial charge is 0.497 e. The first-order valence-electron chi connectivity index (χ1n) is 9.15. The van der Waals surface area contributed by atoms with E-state index in [0.29, 0.717) is 16.5 Å². The molecule has 1 amide bonds. The number of hydrogen-bond acceptors (Lipinski definition) is 7. The number of benzene rings is 2. The highest BCUT2D eigenvalue weighted by Gasteiger charge is 2.17. The molecule has 0 spiro atoms. The molecule has 9 heteroatoms. The molecule has 0 aliphatic rings. The van der Waals surface area contributed by atoms with Crippen molar-refractivity contribution in [3.63, 3.8) is 0 Å². The van der Waals surface area contributed by atoms with Crippen molar-refractivity contribution in [3.05, 3.63) is 66.1 Å². The van der Waals surface area contributed by atoms with Crippen LogP contribution in [0.3, 0.4) is 0 Å². The third-order valence-electron chi connectivity index (χ3n) is 4.52. The van der Waals surface area contributed by atoms with Gasteiger partial charge in [0.25, 0.3) is 5.91 Å². The first-order chi connectivity index (χ1) is 14.6. The molecule has 0 unspecified atom stereocenters. The number of rotatable bonds is 4. The van der Waals surface area contributed by atoms with Crippen molar-refractivity contribution in [3.8, 4) is 10.9 Å². The number of aryl methyl sites for hydroxylation is 1. The minimum absolute atomic E-state index is 0.230. The second-order valence-corrected chi connectivity index (χ2v) is 7.62. The van der Waals surface area contributed by atoms with Gasteiger partial charge < -0.3 is 10.1 Å². The first-order valence-corrected chi connectivity index (χ1v) is 9.97. The second kappa shape index (κ2) is 7.20. The van der Waals surface area contributed by atoms with E-state index in [1.807, 2.05) is 49.4 Å². The van der Waals surface area contributed by atoms with Gasteiger partial charge in [0.05, 0.1) is 40.3 Å². The van der Waals surface area contributed by atoms with Gasteiger partial charge in [-0.15, -0.1) is 0 Å². The van der Waals surface area contributed by atoms with Crippen LogP contribution in [0.5, 0.6) is 5.75 Å². The van der Waals surface area contributed by atoms with Gasteiger partial charge in [-0.1, -0.05) is 23.5 Å². The summed E-state index contributed by atoms with van der Waals surface area (Å²) in [6.45, 7) is 1.86. The van der Waals surface area contributed by atoms with Crippen LogP contribution in [0.1, 0.15) is 16.2 Å². The highest BCUT2D eigenvalue weighted by molar-refractivity contribution is 7.20. The molecular weight excluding hydrogens is 400 g/mol. The van der Waals surface area contributed by atoms with E-state index in [9.17, 15) is 4.79 Å². The molecule has 2 aromatic carbocycles. The van der Waals surface area contributed by atoms with E-state index in [4.69, 9.17) is 4.74 Å². The summed E-state index contributed by atoms with van der Waals surface area (Å²) in [6.07, 6.45) is 1.47. The third kappa shape index (κ3) is 3.25. The maximum Gasteiger partial charge on any atom is 0.277 e. The van der Waals surface area contributed by atoms with Crippen LogP contribution in [-0.2, 0) is 0 Å². The van der Waals surface area contributed by atoms with Gasteiger partial charge in [-0.2, -0.15) is 9.78 Å². The van der Waals surface area contributed by atoms with Crippen molar-refractivity contribution >= 4 is 44.3 Å². The number of amides is 1. The molecule has 5 aromatic rings. The van der Waals surface area contributed by atoms with E-state index >= 15 is 0 Å². The third-order valence-corrected chi connectivity index (χ3v) is 5.51. The van der Waals surface area contributed by atoms with E-state index in [-0.39, 0.29) is 11.6 Å². The van der Waals surface area contributed by atoms with Crippen LogP contribution in [0.15, 0.2) is 54.7 Å². The number of anilines is 1. The van der Waals surface area contributed by atoms with Crippen LogP contribution >= 0.6 is 11.3 Å². The normalized spacial score (nSPS) is 11.1. The Morgan fingerprint density at radius 3 is 2.73 bits per heavy atom. The molecule has 30 heavy (non-hydrogen) atoms. The van der Waals surface area contributed by atoms with Crippen LogP contribution < -0.4 is 10.1 Å². The summed E-state index contributed by atoms with van der Waals surface area (Å²) in [4.78, 5) is 26.2. The van der Waals surface area contributed by atoms with Gasteiger partial charge in [-0.25, -0.2) is 9.97 Å². The molecule has 0 fully saturated rings. The van der Waals surface area contributed by atoms with Crippen LogP contribution in [0.25, 0.3) is 26.4 Å². The predicted molar refractivity (Wildman–Crippen MR) is 116 cm³/mol. The number of nitrogens with zero attached hydrogens (tertiary/aromatic N) is 5. The summed E-state index contributed by atoms with van der Waals surface area (Å²) in [5.41, 5.74) is 3.22. The fraction of sp³-hybridized carbons (Fsp3) is 0.0952. The number of carbonyl (C=O) groups excluding carboxylic acids is 1. The summed E-state index contributed by atoms with van der Waals surface area (Å²) in [5.74, 6) is 0.911. The van der Waals surface area contributed by atoms with Crippen molar-refractivity contribution in [2.75, 3.05) is 12.4 Å². The molecule has 0 radical (unpaired) electrons. The maximum atomic E-state index is 12.8. The summed E-state index contributed by atoms with van der Waals surface area (Å²) in [6, 6.07) is 14.9. The summed E-state index contributed by atoms with van der Waals surface area (Å²) in [7, 11) is 1.63. The van der Waals surface area contributed by atoms with E-state index in [1.54, 1.807) is 17.9 Å². The SMILES string of the molecule is COc1ccc2nc(-n3nc(C)cc3NC(=O)c3cnc4ccccc4n3)sc2c1. The zero-order chi connectivity index (χ0) is 20.7. The minimum Gasteiger partial charge on any atom is -0.497 e. The van der Waals surface area contributed by atoms with Crippen LogP contribution in [0.2, 0.25) is 0 Å². The number of thiazole rings is 1. The van der Waals surface area contributed by atoms with Gasteiger partial charge in [-0.05, 0) is 37.3 Å². The Morgan fingerprint density at radius 1 is 1.07 bits per heavy atom. The maximum absolute atomic E-state index is 12.8. The van der Waals surface area contributed by atoms with Gasteiger partial charge in [0.15, 0.2) is 0 Å². The molecule has 5 rings (SSSR count). The Labute approximate surface area is 175 Å². The zero-order valence-electron chi connectivity index (χ0n) is 16.2. The smallest absolute Gasteiger partial charge is 0.277 e. The molecular formula is C21H16N6O2S. The Kier molecular flexibility index (Phi) is 4.36. The van der Waals surface area contributed by atoms with Crippen molar-refractivity contribution in [1.82, 2.24) is 24.7 Å². The van der Waals surface area contributed by atoms with Crippen molar-refractivity contribution in [1.29, 1.82) is 0 Å². The topological polar surface area (TPSA) is 94.8 Å². The zero-order valence-corrected chi connectivity index (χ0v) is 17.0. The van der Waals surface area contributed by atoms with Gasteiger partial charge in [0.2, 0.25) is 5.13 Å². The van der Waals surface area contributed by atoms with E-state index < -0.39 is 0 Å². The Balaban J connectivity index is 1.49. The number of para-hydroxylation sites is 2. The molecule has 0 atom stereocenters. The second-order valence-electron chi connectivity index (χ2n) is 6.61. The number of hydrogen-bond donors (Lipinski definition) is 1. The number of fused-ring (bicyclic) bond motifs is 2. The van der Waals surface area contributed by atoms with Crippen LogP contribution in [0.4, 0.5) is 5.82 Å². The molecule has 3 aromatic heterocycles. The average Bonchev–Trinajstić information content (AvgIpc) is 3.35. The monoisotopic (exact) mass is 416 g/mol. The fourth-order valence-electron chi connectivity index (χ4n) is 3.09. The van der Waals surface area contributed by atoms with E-state index in [1.165, 1.54) is 17.5 Å². The molecule has 1 N–H and O–H groups in total. The van der Waals surface area contributed by atoms with E-state index in [2.05, 4.69) is 25.4 Å². The Morgan fingerprint density at radius 2 is 1.90 bits per heavy atom. The van der Waals surface area contributed by atoms with Crippen LogP contribution in [-0.4, -0.2) is 37.7 Å². The Bertz CT molecular complexity index is 1410. The highest BCUT2D eigenvalue weighted by atomic mass is 32.1. The van der Waals surface area contributed by atoms with E-state index in [0.717, 1.165) is 27.2 Å². The average molecular weight is 416 g/mol. The lowest BCUT2D eigenvalue weighted by atomic mass is 10.3. The summed E-state index contributed by atoms with van der Waals surface area (Å²) in [5, 5.41) is 8.02. The number of nitrogens with one attached hydrogen (secondary N) is 1. The molecule has 0 aliphatic carbocycles. The quantitative estimate of drug-likeness (QED) is 0.476.